The molecule has 0 bridgehead atoms. The molecule has 0 heterocycles. The third-order valence-corrected chi connectivity index (χ3v) is 6.66. The molecule has 0 spiro atoms. The van der Waals surface area contributed by atoms with Crippen molar-refractivity contribution in [3.63, 3.8) is 0 Å². The molecule has 0 aliphatic heterocycles. The highest BCUT2D eigenvalue weighted by atomic mass is 127. The molecule has 2 rings (SSSR count). The molecule has 172 valence electrons. The molecule has 8 heteroatoms. The number of aliphatic imine (C=N–C) groups is 1. The van der Waals surface area contributed by atoms with Gasteiger partial charge in [0.2, 0.25) is 0 Å². The Labute approximate surface area is 203 Å². The van der Waals surface area contributed by atoms with Crippen molar-refractivity contribution in [2.75, 3.05) is 26.0 Å². The summed E-state index contributed by atoms with van der Waals surface area (Å²) >= 11 is 0. The summed E-state index contributed by atoms with van der Waals surface area (Å²) < 4.78 is 31.1. The summed E-state index contributed by atoms with van der Waals surface area (Å²) in [5, 5.41) is 6.46. The SMILES string of the molecule is CCC(CS(=O)(=O)c1ccccc1)NC(=NC)NCCCOC(C)c1ccccc1.I. The van der Waals surface area contributed by atoms with E-state index >= 15 is 0 Å². The summed E-state index contributed by atoms with van der Waals surface area (Å²) in [7, 11) is -1.67. The van der Waals surface area contributed by atoms with Gasteiger partial charge in [-0.15, -0.1) is 24.0 Å². The van der Waals surface area contributed by atoms with E-state index in [4.69, 9.17) is 4.74 Å². The first-order valence-electron chi connectivity index (χ1n) is 10.4. The van der Waals surface area contributed by atoms with Crippen LogP contribution in [0.5, 0.6) is 0 Å². The van der Waals surface area contributed by atoms with Crippen LogP contribution < -0.4 is 10.6 Å². The van der Waals surface area contributed by atoms with Crippen LogP contribution in [0.1, 0.15) is 38.4 Å². The highest BCUT2D eigenvalue weighted by molar-refractivity contribution is 14.0. The maximum atomic E-state index is 12.6. The van der Waals surface area contributed by atoms with Crippen molar-refractivity contribution in [1.29, 1.82) is 0 Å². The summed E-state index contributed by atoms with van der Waals surface area (Å²) in [5.41, 5.74) is 1.16. The molecule has 2 aromatic carbocycles. The predicted octanol–water partition coefficient (Wildman–Crippen LogP) is 4.19. The number of benzene rings is 2. The molecule has 6 nitrogen and oxygen atoms in total. The number of ether oxygens (including phenoxy) is 1. The lowest BCUT2D eigenvalue weighted by Gasteiger charge is -2.20. The van der Waals surface area contributed by atoms with E-state index in [1.807, 2.05) is 38.1 Å². The third kappa shape index (κ3) is 9.57. The summed E-state index contributed by atoms with van der Waals surface area (Å²) in [6.45, 7) is 5.31. The molecule has 0 saturated heterocycles. The lowest BCUT2D eigenvalue weighted by atomic mass is 10.1. The Morgan fingerprint density at radius 3 is 2.26 bits per heavy atom. The number of hydrogen-bond acceptors (Lipinski definition) is 4. The van der Waals surface area contributed by atoms with Gasteiger partial charge in [0.05, 0.1) is 16.8 Å². The van der Waals surface area contributed by atoms with Gasteiger partial charge in [-0.25, -0.2) is 8.42 Å². The maximum absolute atomic E-state index is 12.6. The van der Waals surface area contributed by atoms with Crippen LogP contribution in [-0.2, 0) is 14.6 Å². The summed E-state index contributed by atoms with van der Waals surface area (Å²) in [5.74, 6) is 0.618. The van der Waals surface area contributed by atoms with Crippen LogP contribution in [0.3, 0.4) is 0 Å². The predicted molar refractivity (Wildman–Crippen MR) is 138 cm³/mol. The topological polar surface area (TPSA) is 79.8 Å². The molecule has 2 N–H and O–H groups in total. The quantitative estimate of drug-likeness (QED) is 0.187. The Bertz CT molecular complexity index is 877. The largest absolute Gasteiger partial charge is 0.374 e. The molecule has 0 saturated carbocycles. The van der Waals surface area contributed by atoms with Crippen molar-refractivity contribution in [3.05, 3.63) is 66.2 Å². The molecule has 2 atom stereocenters. The van der Waals surface area contributed by atoms with E-state index in [1.54, 1.807) is 31.3 Å². The number of rotatable bonds is 11. The fourth-order valence-electron chi connectivity index (χ4n) is 3.00. The van der Waals surface area contributed by atoms with Crippen molar-refractivity contribution in [1.82, 2.24) is 10.6 Å². The smallest absolute Gasteiger partial charge is 0.191 e. The zero-order valence-electron chi connectivity index (χ0n) is 18.5. The van der Waals surface area contributed by atoms with Crippen LogP contribution in [0.2, 0.25) is 0 Å². The standard InChI is InChI=1S/C23H33N3O3S.HI/c1-4-21(18-30(27,28)22-14-9-6-10-15-22)26-23(24-3)25-16-11-17-29-19(2)20-12-7-5-8-13-20;/h5-10,12-15,19,21H,4,11,16-18H2,1-3H3,(H2,24,25,26);1H. The van der Waals surface area contributed by atoms with E-state index in [0.29, 0.717) is 30.4 Å². The minimum absolute atomic E-state index is 0. The molecule has 0 aromatic heterocycles. The van der Waals surface area contributed by atoms with Crippen molar-refractivity contribution in [2.45, 2.75) is 43.7 Å². The fraction of sp³-hybridized carbons (Fsp3) is 0.435. The van der Waals surface area contributed by atoms with Crippen molar-refractivity contribution >= 4 is 39.8 Å². The van der Waals surface area contributed by atoms with E-state index < -0.39 is 9.84 Å². The maximum Gasteiger partial charge on any atom is 0.191 e. The number of sulfone groups is 1. The summed E-state index contributed by atoms with van der Waals surface area (Å²) in [4.78, 5) is 4.56. The van der Waals surface area contributed by atoms with E-state index in [2.05, 4.69) is 27.8 Å². The van der Waals surface area contributed by atoms with Crippen LogP contribution in [0.15, 0.2) is 70.6 Å². The first-order valence-corrected chi connectivity index (χ1v) is 12.0. The third-order valence-electron chi connectivity index (χ3n) is 4.83. The number of hydrogen-bond donors (Lipinski definition) is 2. The van der Waals surface area contributed by atoms with Crippen LogP contribution in [0, 0.1) is 0 Å². The van der Waals surface area contributed by atoms with Crippen molar-refractivity contribution < 1.29 is 13.2 Å². The highest BCUT2D eigenvalue weighted by Crippen LogP contribution is 2.15. The monoisotopic (exact) mass is 559 g/mol. The second kappa shape index (κ2) is 14.4. The van der Waals surface area contributed by atoms with E-state index in [-0.39, 0.29) is 41.9 Å². The van der Waals surface area contributed by atoms with Gasteiger partial charge < -0.3 is 15.4 Å². The van der Waals surface area contributed by atoms with Gasteiger partial charge in [-0.05, 0) is 37.5 Å². The van der Waals surface area contributed by atoms with E-state index in [0.717, 1.165) is 12.0 Å². The molecule has 0 radical (unpaired) electrons. The molecule has 0 aliphatic rings. The van der Waals surface area contributed by atoms with E-state index in [9.17, 15) is 8.42 Å². The normalized spacial score (nSPS) is 13.7. The molecule has 2 aromatic rings. The van der Waals surface area contributed by atoms with Gasteiger partial charge >= 0.3 is 0 Å². The van der Waals surface area contributed by atoms with Crippen molar-refractivity contribution in [2.24, 2.45) is 4.99 Å². The van der Waals surface area contributed by atoms with E-state index in [1.165, 1.54) is 0 Å². The molecule has 0 fully saturated rings. The molecule has 31 heavy (non-hydrogen) atoms. The molecular formula is C23H34IN3O3S. The summed E-state index contributed by atoms with van der Waals surface area (Å²) in [6.07, 6.45) is 1.54. The lowest BCUT2D eigenvalue weighted by Crippen LogP contribution is -2.46. The van der Waals surface area contributed by atoms with Gasteiger partial charge in [-0.1, -0.05) is 55.5 Å². The average molecular weight is 560 g/mol. The minimum Gasteiger partial charge on any atom is -0.374 e. The van der Waals surface area contributed by atoms with Gasteiger partial charge in [0.25, 0.3) is 0 Å². The Balaban J connectivity index is 0.00000480. The zero-order valence-corrected chi connectivity index (χ0v) is 21.6. The second-order valence-corrected chi connectivity index (χ2v) is 9.15. The van der Waals surface area contributed by atoms with Crippen LogP contribution in [0.4, 0.5) is 0 Å². The van der Waals surface area contributed by atoms with Crippen LogP contribution >= 0.6 is 24.0 Å². The minimum atomic E-state index is -3.36. The van der Waals surface area contributed by atoms with Crippen molar-refractivity contribution in [3.8, 4) is 0 Å². The van der Waals surface area contributed by atoms with Gasteiger partial charge in [0.1, 0.15) is 0 Å². The first kappa shape index (κ1) is 27.4. The zero-order chi connectivity index (χ0) is 21.8. The second-order valence-electron chi connectivity index (χ2n) is 7.12. The molecule has 0 amide bonds. The number of halogens is 1. The molecule has 2 unspecified atom stereocenters. The fourth-order valence-corrected chi connectivity index (χ4v) is 4.61. The first-order chi connectivity index (χ1) is 14.5. The Morgan fingerprint density at radius 1 is 1.06 bits per heavy atom. The summed E-state index contributed by atoms with van der Waals surface area (Å²) in [6, 6.07) is 18.4. The number of nitrogens with zero attached hydrogens (tertiary/aromatic N) is 1. The van der Waals surface area contributed by atoms with Gasteiger partial charge in [-0.2, -0.15) is 0 Å². The van der Waals surface area contributed by atoms with Gasteiger partial charge in [-0.3, -0.25) is 4.99 Å². The molecule has 0 aliphatic carbocycles. The Hall–Kier alpha value is -1.65. The number of guanidine groups is 1. The average Bonchev–Trinajstić information content (AvgIpc) is 2.78. The lowest BCUT2D eigenvalue weighted by molar-refractivity contribution is 0.0646. The Morgan fingerprint density at radius 2 is 1.68 bits per heavy atom. The Kier molecular flexibility index (Phi) is 12.7. The van der Waals surface area contributed by atoms with Crippen LogP contribution in [0.25, 0.3) is 0 Å². The van der Waals surface area contributed by atoms with Crippen LogP contribution in [-0.4, -0.2) is 46.4 Å². The van der Waals surface area contributed by atoms with Gasteiger partial charge in [0.15, 0.2) is 15.8 Å². The van der Waals surface area contributed by atoms with Gasteiger partial charge in [0, 0.05) is 26.2 Å². The number of nitrogens with one attached hydrogen (secondary N) is 2. The highest BCUT2D eigenvalue weighted by Gasteiger charge is 2.20. The molecular weight excluding hydrogens is 525 g/mol.